The van der Waals surface area contributed by atoms with Crippen molar-refractivity contribution in [2.45, 2.75) is 12.1 Å². The van der Waals surface area contributed by atoms with Crippen molar-refractivity contribution in [3.8, 4) is 0 Å². The summed E-state index contributed by atoms with van der Waals surface area (Å²) in [6.07, 6.45) is 3.30. The predicted octanol–water partition coefficient (Wildman–Crippen LogP) is 2.19. The van der Waals surface area contributed by atoms with Gasteiger partial charge in [-0.3, -0.25) is 14.4 Å². The van der Waals surface area contributed by atoms with E-state index in [1.54, 1.807) is 30.3 Å². The average molecular weight is 344 g/mol. The second-order valence-electron chi connectivity index (χ2n) is 6.84. The molecule has 4 atom stereocenters. The lowest BCUT2D eigenvalue weighted by molar-refractivity contribution is -0.125. The summed E-state index contributed by atoms with van der Waals surface area (Å²) in [6.45, 7) is 0. The molecule has 2 fully saturated rings. The van der Waals surface area contributed by atoms with Crippen LogP contribution in [-0.2, 0) is 14.4 Å². The Morgan fingerprint density at radius 1 is 0.692 bits per heavy atom. The highest BCUT2D eigenvalue weighted by atomic mass is 16.2. The minimum Gasteiger partial charge on any atom is -0.353 e. The molecule has 0 radical (unpaired) electrons. The molecule has 2 bridgehead atoms. The van der Waals surface area contributed by atoms with Crippen LogP contribution in [0.1, 0.15) is 0 Å². The van der Waals surface area contributed by atoms with Crippen molar-refractivity contribution < 1.29 is 14.4 Å². The minimum atomic E-state index is -0.643. The number of ketones is 1. The standard InChI is InChI=1S/C21H16N2O3/c24-16-12-11-15-17-18(19(16)22(15)13-7-3-1-4-8-13)21(26)23(20(17)25)14-9-5-2-6-10-14/h1-12,15,17-19H/t15-,17+,18-,19-/m0/s1. The van der Waals surface area contributed by atoms with Gasteiger partial charge in [-0.1, -0.05) is 42.5 Å². The molecule has 26 heavy (non-hydrogen) atoms. The summed E-state index contributed by atoms with van der Waals surface area (Å²) in [7, 11) is 0. The van der Waals surface area contributed by atoms with Crippen molar-refractivity contribution in [3.05, 3.63) is 72.8 Å². The Morgan fingerprint density at radius 3 is 1.92 bits per heavy atom. The molecule has 0 unspecified atom stereocenters. The fourth-order valence-electron chi connectivity index (χ4n) is 4.52. The van der Waals surface area contributed by atoms with Gasteiger partial charge in [0, 0.05) is 5.69 Å². The Balaban J connectivity index is 1.61. The monoisotopic (exact) mass is 344 g/mol. The molecule has 5 rings (SSSR count). The van der Waals surface area contributed by atoms with Crippen molar-refractivity contribution in [1.82, 2.24) is 0 Å². The van der Waals surface area contributed by atoms with Crippen LogP contribution in [-0.4, -0.2) is 29.7 Å². The molecule has 128 valence electrons. The number of imide groups is 1. The third-order valence-corrected chi connectivity index (χ3v) is 5.54. The maximum Gasteiger partial charge on any atom is 0.240 e. The van der Waals surface area contributed by atoms with Gasteiger partial charge in [-0.15, -0.1) is 0 Å². The number of anilines is 2. The summed E-state index contributed by atoms with van der Waals surface area (Å²) in [4.78, 5) is 42.2. The van der Waals surface area contributed by atoms with E-state index in [4.69, 9.17) is 0 Å². The van der Waals surface area contributed by atoms with Gasteiger partial charge in [0.2, 0.25) is 11.8 Å². The number of rotatable bonds is 2. The van der Waals surface area contributed by atoms with Crippen LogP contribution in [0.25, 0.3) is 0 Å². The SMILES string of the molecule is O=C1C=C[C@H]2[C@H]3C(=O)N(c4ccccc4)C(=O)[C@@H]3[C@H]1N2c1ccccc1. The number of hydrogen-bond donors (Lipinski definition) is 0. The molecular formula is C21H16N2O3. The van der Waals surface area contributed by atoms with Crippen molar-refractivity contribution in [2.75, 3.05) is 9.80 Å². The third-order valence-electron chi connectivity index (χ3n) is 5.54. The van der Waals surface area contributed by atoms with E-state index in [0.29, 0.717) is 5.69 Å². The average Bonchev–Trinajstić information content (AvgIpc) is 3.09. The molecule has 5 heteroatoms. The van der Waals surface area contributed by atoms with E-state index in [1.807, 2.05) is 41.3 Å². The molecule has 2 saturated heterocycles. The molecule has 2 amide bonds. The zero-order valence-corrected chi connectivity index (χ0v) is 13.9. The highest BCUT2D eigenvalue weighted by Gasteiger charge is 2.64. The largest absolute Gasteiger partial charge is 0.353 e. The molecule has 0 saturated carbocycles. The van der Waals surface area contributed by atoms with Crippen molar-refractivity contribution in [2.24, 2.45) is 11.8 Å². The first-order valence-corrected chi connectivity index (χ1v) is 8.67. The topological polar surface area (TPSA) is 57.7 Å². The second-order valence-corrected chi connectivity index (χ2v) is 6.84. The predicted molar refractivity (Wildman–Crippen MR) is 96.6 cm³/mol. The van der Waals surface area contributed by atoms with E-state index < -0.39 is 17.9 Å². The van der Waals surface area contributed by atoms with E-state index in [9.17, 15) is 14.4 Å². The van der Waals surface area contributed by atoms with Gasteiger partial charge in [0.15, 0.2) is 5.78 Å². The van der Waals surface area contributed by atoms with Crippen molar-refractivity contribution >= 4 is 29.0 Å². The number of nitrogens with zero attached hydrogens (tertiary/aromatic N) is 2. The highest BCUT2D eigenvalue weighted by molar-refractivity contribution is 6.25. The van der Waals surface area contributed by atoms with Gasteiger partial charge in [-0.25, -0.2) is 4.90 Å². The molecule has 3 aliphatic heterocycles. The van der Waals surface area contributed by atoms with E-state index in [1.165, 1.54) is 11.0 Å². The lowest BCUT2D eigenvalue weighted by Gasteiger charge is -2.35. The normalized spacial score (nSPS) is 29.5. The number of carbonyl (C=O) groups excluding carboxylic acids is 3. The van der Waals surface area contributed by atoms with Crippen LogP contribution in [0, 0.1) is 11.8 Å². The van der Waals surface area contributed by atoms with Gasteiger partial charge in [-0.05, 0) is 30.3 Å². The fourth-order valence-corrected chi connectivity index (χ4v) is 4.52. The molecule has 3 aliphatic rings. The highest BCUT2D eigenvalue weighted by Crippen LogP contribution is 2.48. The van der Waals surface area contributed by atoms with Crippen LogP contribution < -0.4 is 9.80 Å². The molecule has 0 aromatic heterocycles. The lowest BCUT2D eigenvalue weighted by Crippen LogP contribution is -2.49. The summed E-state index contributed by atoms with van der Waals surface area (Å²) < 4.78 is 0. The van der Waals surface area contributed by atoms with Crippen LogP contribution in [0.15, 0.2) is 72.8 Å². The molecule has 0 spiro atoms. The van der Waals surface area contributed by atoms with Crippen LogP contribution in [0.5, 0.6) is 0 Å². The van der Waals surface area contributed by atoms with Crippen LogP contribution in [0.3, 0.4) is 0 Å². The number of amides is 2. The maximum absolute atomic E-state index is 13.2. The number of hydrogen-bond acceptors (Lipinski definition) is 4. The molecule has 2 aromatic rings. The summed E-state index contributed by atoms with van der Waals surface area (Å²) >= 11 is 0. The minimum absolute atomic E-state index is 0.117. The first-order valence-electron chi connectivity index (χ1n) is 8.67. The Bertz CT molecular complexity index is 938. The van der Waals surface area contributed by atoms with Crippen molar-refractivity contribution in [3.63, 3.8) is 0 Å². The van der Waals surface area contributed by atoms with E-state index in [2.05, 4.69) is 0 Å². The van der Waals surface area contributed by atoms with Gasteiger partial charge < -0.3 is 4.90 Å². The summed E-state index contributed by atoms with van der Waals surface area (Å²) in [6, 6.07) is 17.6. The second kappa shape index (κ2) is 5.39. The quantitative estimate of drug-likeness (QED) is 0.784. The number of fused-ring (bicyclic) bond motifs is 5. The lowest BCUT2D eigenvalue weighted by atomic mass is 9.90. The number of carbonyl (C=O) groups is 3. The van der Waals surface area contributed by atoms with Gasteiger partial charge in [0.1, 0.15) is 6.04 Å². The maximum atomic E-state index is 13.2. The molecule has 0 N–H and O–H groups in total. The van der Waals surface area contributed by atoms with E-state index in [0.717, 1.165) is 5.69 Å². The first-order chi connectivity index (χ1) is 12.7. The third kappa shape index (κ3) is 1.88. The van der Waals surface area contributed by atoms with Gasteiger partial charge in [-0.2, -0.15) is 0 Å². The van der Waals surface area contributed by atoms with Gasteiger partial charge >= 0.3 is 0 Å². The van der Waals surface area contributed by atoms with Crippen LogP contribution in [0.2, 0.25) is 0 Å². The van der Waals surface area contributed by atoms with Gasteiger partial charge in [0.05, 0.1) is 23.6 Å². The molecule has 3 heterocycles. The Hall–Kier alpha value is -3.21. The number of para-hydroxylation sites is 2. The summed E-state index contributed by atoms with van der Waals surface area (Å²) in [5.41, 5.74) is 1.43. The smallest absolute Gasteiger partial charge is 0.240 e. The van der Waals surface area contributed by atoms with Crippen LogP contribution >= 0.6 is 0 Å². The first kappa shape index (κ1) is 15.1. The Morgan fingerprint density at radius 2 is 1.27 bits per heavy atom. The number of benzene rings is 2. The molecule has 0 aliphatic carbocycles. The van der Waals surface area contributed by atoms with Gasteiger partial charge in [0.25, 0.3) is 0 Å². The van der Waals surface area contributed by atoms with Crippen molar-refractivity contribution in [1.29, 1.82) is 0 Å². The van der Waals surface area contributed by atoms with E-state index >= 15 is 0 Å². The van der Waals surface area contributed by atoms with Crippen LogP contribution in [0.4, 0.5) is 11.4 Å². The fraction of sp³-hybridized carbons (Fsp3) is 0.190. The Labute approximate surface area is 150 Å². The zero-order valence-electron chi connectivity index (χ0n) is 13.9. The molecular weight excluding hydrogens is 328 g/mol. The Kier molecular flexibility index (Phi) is 3.13. The molecule has 2 aromatic carbocycles. The molecule has 5 nitrogen and oxygen atoms in total. The zero-order chi connectivity index (χ0) is 17.8. The summed E-state index contributed by atoms with van der Waals surface area (Å²) in [5, 5.41) is 0. The van der Waals surface area contributed by atoms with E-state index in [-0.39, 0.29) is 23.6 Å². The summed E-state index contributed by atoms with van der Waals surface area (Å²) in [5.74, 6) is -1.80.